The van der Waals surface area contributed by atoms with E-state index in [1.54, 1.807) is 78.9 Å². The van der Waals surface area contributed by atoms with E-state index in [1.807, 2.05) is 0 Å². The van der Waals surface area contributed by atoms with E-state index in [9.17, 15) is 24.0 Å². The number of benzene rings is 4. The van der Waals surface area contributed by atoms with Crippen molar-refractivity contribution in [3.8, 4) is 0 Å². The Labute approximate surface area is 262 Å². The summed E-state index contributed by atoms with van der Waals surface area (Å²) in [5, 5.41) is 5.22. The first-order chi connectivity index (χ1) is 21.2. The number of anilines is 2. The number of hydrogen-bond acceptors (Lipinski definition) is 6. The highest BCUT2D eigenvalue weighted by Crippen LogP contribution is 2.34. The maximum Gasteiger partial charge on any atom is 0.272 e. The van der Waals surface area contributed by atoms with E-state index in [-0.39, 0.29) is 29.5 Å². The molecule has 1 aliphatic heterocycles. The molecule has 9 nitrogen and oxygen atoms in total. The van der Waals surface area contributed by atoms with Crippen LogP contribution in [0.1, 0.15) is 32.7 Å². The normalized spacial score (nSPS) is 14.8. The molecule has 5 amide bonds. The fourth-order valence-electron chi connectivity index (χ4n) is 4.41. The quantitative estimate of drug-likeness (QED) is 0.171. The monoisotopic (exact) mass is 624 g/mol. The number of amides is 5. The average Bonchev–Trinajstić information content (AvgIpc) is 3.30. The van der Waals surface area contributed by atoms with Crippen molar-refractivity contribution >= 4 is 70.3 Å². The van der Waals surface area contributed by atoms with Crippen molar-refractivity contribution in [2.45, 2.75) is 16.6 Å². The zero-order chi connectivity index (χ0) is 31.2. The van der Waals surface area contributed by atoms with Crippen molar-refractivity contribution in [2.75, 3.05) is 10.2 Å². The molecule has 0 aromatic heterocycles. The number of thioether (sulfide) groups is 1. The summed E-state index contributed by atoms with van der Waals surface area (Å²) in [6.07, 6.45) is 1.51. The highest BCUT2D eigenvalue weighted by atomic mass is 35.5. The van der Waals surface area contributed by atoms with Crippen molar-refractivity contribution in [2.24, 2.45) is 5.73 Å². The molecule has 4 aromatic rings. The van der Waals surface area contributed by atoms with Crippen LogP contribution in [0, 0.1) is 0 Å². The van der Waals surface area contributed by atoms with Crippen LogP contribution in [-0.4, -0.2) is 34.8 Å². The topological polar surface area (TPSA) is 139 Å². The van der Waals surface area contributed by atoms with Gasteiger partial charge in [0.05, 0.1) is 10.9 Å². The highest BCUT2D eigenvalue weighted by molar-refractivity contribution is 8.00. The smallest absolute Gasteiger partial charge is 0.272 e. The molecular weight excluding hydrogens is 600 g/mol. The SMILES string of the molecule is NC(=O)c1ccc(N2C(=O)CC(Sc3ccc(NC(=O)/C(=C/c4ccccc4Cl)NC(=O)c4ccccc4)cc3)C2=O)cc1. The van der Waals surface area contributed by atoms with E-state index in [2.05, 4.69) is 10.6 Å². The van der Waals surface area contributed by atoms with E-state index in [1.165, 1.54) is 42.1 Å². The summed E-state index contributed by atoms with van der Waals surface area (Å²) in [4.78, 5) is 65.1. The molecule has 220 valence electrons. The minimum Gasteiger partial charge on any atom is -0.366 e. The van der Waals surface area contributed by atoms with Crippen molar-refractivity contribution in [3.63, 3.8) is 0 Å². The third-order valence-electron chi connectivity index (χ3n) is 6.64. The molecule has 1 atom stereocenters. The molecule has 4 aromatic carbocycles. The largest absolute Gasteiger partial charge is 0.366 e. The predicted molar refractivity (Wildman–Crippen MR) is 170 cm³/mol. The lowest BCUT2D eigenvalue weighted by Crippen LogP contribution is -2.31. The Morgan fingerprint density at radius 3 is 2.16 bits per heavy atom. The molecule has 0 saturated carbocycles. The van der Waals surface area contributed by atoms with Gasteiger partial charge >= 0.3 is 0 Å². The number of carbonyl (C=O) groups is 5. The van der Waals surface area contributed by atoms with Gasteiger partial charge in [0.15, 0.2) is 0 Å². The second-order valence-corrected chi connectivity index (χ2v) is 11.4. The van der Waals surface area contributed by atoms with Gasteiger partial charge in [0.1, 0.15) is 5.70 Å². The summed E-state index contributed by atoms with van der Waals surface area (Å²) >= 11 is 7.53. The van der Waals surface area contributed by atoms with Gasteiger partial charge in [-0.2, -0.15) is 0 Å². The molecule has 1 saturated heterocycles. The fourth-order valence-corrected chi connectivity index (χ4v) is 5.66. The van der Waals surface area contributed by atoms with Gasteiger partial charge in [0, 0.05) is 33.2 Å². The fraction of sp³-hybridized carbons (Fsp3) is 0.0606. The van der Waals surface area contributed by atoms with Crippen LogP contribution < -0.4 is 21.3 Å². The van der Waals surface area contributed by atoms with Gasteiger partial charge in [-0.25, -0.2) is 4.90 Å². The Hall–Kier alpha value is -5.19. The van der Waals surface area contributed by atoms with E-state index in [0.29, 0.717) is 32.4 Å². The lowest BCUT2D eigenvalue weighted by Gasteiger charge is -2.15. The summed E-state index contributed by atoms with van der Waals surface area (Å²) in [5.74, 6) is -2.34. The molecule has 4 N–H and O–H groups in total. The lowest BCUT2D eigenvalue weighted by atomic mass is 10.1. The molecule has 1 unspecified atom stereocenters. The van der Waals surface area contributed by atoms with Crippen LogP contribution >= 0.6 is 23.4 Å². The van der Waals surface area contributed by atoms with Gasteiger partial charge in [-0.05, 0) is 78.4 Å². The minimum atomic E-state index is -0.642. The Kier molecular flexibility index (Phi) is 9.23. The lowest BCUT2D eigenvalue weighted by molar-refractivity contribution is -0.121. The van der Waals surface area contributed by atoms with Crippen molar-refractivity contribution in [1.82, 2.24) is 5.32 Å². The number of nitrogens with one attached hydrogen (secondary N) is 2. The summed E-state index contributed by atoms with van der Waals surface area (Å²) in [6.45, 7) is 0. The highest BCUT2D eigenvalue weighted by Gasteiger charge is 2.40. The molecule has 0 bridgehead atoms. The van der Waals surface area contributed by atoms with Crippen molar-refractivity contribution in [1.29, 1.82) is 0 Å². The third kappa shape index (κ3) is 7.05. The molecule has 0 aliphatic carbocycles. The molecule has 0 radical (unpaired) electrons. The number of rotatable bonds is 9. The van der Waals surface area contributed by atoms with E-state index in [4.69, 9.17) is 17.3 Å². The van der Waals surface area contributed by atoms with Gasteiger partial charge in [0.25, 0.3) is 11.8 Å². The summed E-state index contributed by atoms with van der Waals surface area (Å²) in [7, 11) is 0. The summed E-state index contributed by atoms with van der Waals surface area (Å²) in [5.41, 5.74) is 7.28. The first kappa shape index (κ1) is 30.3. The van der Waals surface area contributed by atoms with Crippen LogP contribution in [-0.2, 0) is 14.4 Å². The summed E-state index contributed by atoms with van der Waals surface area (Å²) < 4.78 is 0. The number of hydrogen-bond donors (Lipinski definition) is 3. The Bertz CT molecular complexity index is 1780. The average molecular weight is 625 g/mol. The number of halogens is 1. The number of primary amides is 1. The van der Waals surface area contributed by atoms with Gasteiger partial charge in [-0.15, -0.1) is 11.8 Å². The molecule has 0 spiro atoms. The van der Waals surface area contributed by atoms with Gasteiger partial charge in [-0.1, -0.05) is 48.0 Å². The van der Waals surface area contributed by atoms with Gasteiger partial charge < -0.3 is 16.4 Å². The standard InChI is InChI=1S/C33H25ClN4O5S/c34-26-9-5-4-8-22(26)18-27(37-31(41)21-6-2-1-3-7-21)32(42)36-23-12-16-25(17-13-23)44-28-19-29(39)38(33(28)43)24-14-10-20(11-15-24)30(35)40/h1-18,28H,19H2,(H2,35,40)(H,36,42)(H,37,41)/b27-18-. The number of nitrogens with two attached hydrogens (primary N) is 1. The number of nitrogens with zero attached hydrogens (tertiary/aromatic N) is 1. The molecule has 5 rings (SSSR count). The molecule has 1 heterocycles. The summed E-state index contributed by atoms with van der Waals surface area (Å²) in [6, 6.07) is 28.2. The van der Waals surface area contributed by atoms with E-state index >= 15 is 0 Å². The Morgan fingerprint density at radius 2 is 1.50 bits per heavy atom. The Balaban J connectivity index is 1.27. The van der Waals surface area contributed by atoms with Crippen LogP contribution in [0.3, 0.4) is 0 Å². The minimum absolute atomic E-state index is 0.00979. The zero-order valence-corrected chi connectivity index (χ0v) is 24.6. The van der Waals surface area contributed by atoms with E-state index in [0.717, 1.165) is 4.90 Å². The molecule has 11 heteroatoms. The number of carbonyl (C=O) groups excluding carboxylic acids is 5. The van der Waals surface area contributed by atoms with Crippen LogP contribution in [0.25, 0.3) is 6.08 Å². The van der Waals surface area contributed by atoms with Crippen molar-refractivity contribution < 1.29 is 24.0 Å². The molecule has 1 aliphatic rings. The van der Waals surface area contributed by atoms with Crippen LogP contribution in [0.4, 0.5) is 11.4 Å². The molecule has 1 fully saturated rings. The van der Waals surface area contributed by atoms with Gasteiger partial charge in [-0.3, -0.25) is 24.0 Å². The zero-order valence-electron chi connectivity index (χ0n) is 23.0. The second kappa shape index (κ2) is 13.4. The predicted octanol–water partition coefficient (Wildman–Crippen LogP) is 5.27. The van der Waals surface area contributed by atoms with Crippen LogP contribution in [0.15, 0.2) is 114 Å². The van der Waals surface area contributed by atoms with E-state index < -0.39 is 23.0 Å². The third-order valence-corrected chi connectivity index (χ3v) is 8.18. The van der Waals surface area contributed by atoms with Crippen LogP contribution in [0.2, 0.25) is 5.02 Å². The van der Waals surface area contributed by atoms with Crippen molar-refractivity contribution in [3.05, 3.63) is 131 Å². The first-order valence-corrected chi connectivity index (χ1v) is 14.6. The first-order valence-electron chi connectivity index (χ1n) is 13.4. The number of imide groups is 1. The van der Waals surface area contributed by atoms with Gasteiger partial charge in [0.2, 0.25) is 17.7 Å². The maximum atomic E-state index is 13.3. The second-order valence-electron chi connectivity index (χ2n) is 9.67. The van der Waals surface area contributed by atoms with Crippen LogP contribution in [0.5, 0.6) is 0 Å². The maximum absolute atomic E-state index is 13.3. The molecule has 44 heavy (non-hydrogen) atoms. The molecular formula is C33H25ClN4O5S. The Morgan fingerprint density at radius 1 is 0.841 bits per heavy atom.